The summed E-state index contributed by atoms with van der Waals surface area (Å²) in [4.78, 5) is 73.4. The number of carboxylic acids is 2. The standard InChI is InChI=1S/C45H62BrF2N5O11.C2HF3O2/c1-45(2,3)42(39-25-32(35-26-33(47)9-11-36(35)48)29-52(39)28-31-7-5-4-6-8-31)53(40(56)30-54)16-13-37(49)43(59)51-38(12-10-34(55)27-46)44(60)50-15-18-62-20-22-64-24-23-63-21-19-61-17-14-41(57)58;3-2(4,5)1(6)7/h4-9,11,25-26,29,37-38,42,54H,10,12-24,27-28,30,49H2,1-3H3,(H,50,60)(H,51,59)(H,57,58);(H,6,7)/t37-,38+,42-;/m0./s1. The van der Waals surface area contributed by atoms with Gasteiger partial charge in [-0.3, -0.25) is 24.0 Å². The summed E-state index contributed by atoms with van der Waals surface area (Å²) >= 11 is 3.12. The summed E-state index contributed by atoms with van der Waals surface area (Å²) in [6.07, 6.45) is -3.56. The molecule has 18 nitrogen and oxygen atoms in total. The van der Waals surface area contributed by atoms with E-state index < -0.39 is 77.6 Å². The summed E-state index contributed by atoms with van der Waals surface area (Å²) in [5.74, 6) is -7.03. The molecule has 3 rings (SSSR count). The van der Waals surface area contributed by atoms with Gasteiger partial charge in [-0.15, -0.1) is 0 Å². The van der Waals surface area contributed by atoms with E-state index in [2.05, 4.69) is 26.6 Å². The lowest BCUT2D eigenvalue weighted by Gasteiger charge is -2.41. The molecule has 1 aromatic heterocycles. The van der Waals surface area contributed by atoms with Crippen molar-refractivity contribution in [2.75, 3.05) is 77.9 Å². The number of nitrogens with two attached hydrogens (primary N) is 1. The van der Waals surface area contributed by atoms with Gasteiger partial charge in [-0.2, -0.15) is 13.2 Å². The number of alkyl halides is 4. The lowest BCUT2D eigenvalue weighted by Crippen LogP contribution is -2.53. The van der Waals surface area contributed by atoms with Crippen LogP contribution in [0, 0.1) is 17.0 Å². The van der Waals surface area contributed by atoms with Crippen LogP contribution in [0.25, 0.3) is 11.1 Å². The molecule has 2 aromatic carbocycles. The van der Waals surface area contributed by atoms with Gasteiger partial charge in [0.05, 0.1) is 76.7 Å². The molecule has 0 unspecified atom stereocenters. The molecule has 3 amide bonds. The number of hydrogen-bond acceptors (Lipinski definition) is 12. The lowest BCUT2D eigenvalue weighted by atomic mass is 9.82. The molecule has 0 aliphatic heterocycles. The van der Waals surface area contributed by atoms with Gasteiger partial charge in [0.1, 0.15) is 30.1 Å². The number of aliphatic carboxylic acids is 2. The summed E-state index contributed by atoms with van der Waals surface area (Å²) in [5.41, 5.74) is 7.58. The van der Waals surface area contributed by atoms with Gasteiger partial charge in [0.15, 0.2) is 0 Å². The first-order valence-electron chi connectivity index (χ1n) is 22.3. The Morgan fingerprint density at radius 1 is 0.803 bits per heavy atom. The second-order valence-corrected chi connectivity index (χ2v) is 17.3. The predicted octanol–water partition coefficient (Wildman–Crippen LogP) is 4.63. The van der Waals surface area contributed by atoms with Crippen LogP contribution >= 0.6 is 15.9 Å². The highest BCUT2D eigenvalue weighted by Crippen LogP contribution is 2.41. The average Bonchev–Trinajstić information content (AvgIpc) is 3.71. The minimum absolute atomic E-state index is 0.00613. The highest BCUT2D eigenvalue weighted by molar-refractivity contribution is 9.09. The molecule has 0 saturated carbocycles. The Bertz CT molecular complexity index is 2140. The summed E-state index contributed by atoms with van der Waals surface area (Å²) < 4.78 is 84.6. The maximum atomic E-state index is 15.1. The molecule has 0 bridgehead atoms. The monoisotopic (exact) mass is 1080 g/mol. The zero-order chi connectivity index (χ0) is 53.1. The van der Waals surface area contributed by atoms with Crippen LogP contribution in [0.2, 0.25) is 0 Å². The molecule has 3 atom stereocenters. The lowest BCUT2D eigenvalue weighted by molar-refractivity contribution is -0.192. The largest absolute Gasteiger partial charge is 0.490 e. The summed E-state index contributed by atoms with van der Waals surface area (Å²) in [5, 5.41) is 31.3. The van der Waals surface area contributed by atoms with E-state index >= 15 is 4.39 Å². The van der Waals surface area contributed by atoms with Crippen molar-refractivity contribution in [1.82, 2.24) is 20.1 Å². The molecule has 0 aliphatic carbocycles. The van der Waals surface area contributed by atoms with Crippen molar-refractivity contribution in [1.29, 1.82) is 0 Å². The predicted molar refractivity (Wildman–Crippen MR) is 251 cm³/mol. The van der Waals surface area contributed by atoms with Gasteiger partial charge in [-0.1, -0.05) is 67.0 Å². The number of carboxylic acid groups (broad SMARTS) is 2. The highest BCUT2D eigenvalue weighted by Gasteiger charge is 2.39. The van der Waals surface area contributed by atoms with E-state index in [0.29, 0.717) is 37.6 Å². The van der Waals surface area contributed by atoms with E-state index in [-0.39, 0.29) is 88.5 Å². The molecule has 396 valence electrons. The van der Waals surface area contributed by atoms with E-state index in [4.69, 9.17) is 39.7 Å². The number of ether oxygens (including phenoxy) is 4. The molecule has 24 heteroatoms. The molecule has 0 aliphatic rings. The number of rotatable bonds is 31. The van der Waals surface area contributed by atoms with Crippen molar-refractivity contribution in [2.24, 2.45) is 11.1 Å². The summed E-state index contributed by atoms with van der Waals surface area (Å²) in [6.45, 7) is 7.11. The van der Waals surface area contributed by atoms with Gasteiger partial charge in [-0.25, -0.2) is 13.6 Å². The number of ketones is 1. The van der Waals surface area contributed by atoms with Crippen LogP contribution in [0.3, 0.4) is 0 Å². The number of Topliss-reactive ketones (excluding diaryl/α,β-unsaturated/α-hetero) is 1. The number of carbonyl (C=O) groups is 6. The Kier molecular flexibility index (Phi) is 27.7. The van der Waals surface area contributed by atoms with E-state index in [0.717, 1.165) is 23.8 Å². The van der Waals surface area contributed by atoms with Gasteiger partial charge in [0, 0.05) is 49.1 Å². The fourth-order valence-corrected chi connectivity index (χ4v) is 7.00. The zero-order valence-electron chi connectivity index (χ0n) is 39.7. The van der Waals surface area contributed by atoms with Gasteiger partial charge >= 0.3 is 18.1 Å². The Labute approximate surface area is 416 Å². The van der Waals surface area contributed by atoms with Gasteiger partial charge in [0.25, 0.3) is 0 Å². The number of hydrogen-bond donors (Lipinski definition) is 6. The fourth-order valence-electron chi connectivity index (χ4n) is 6.72. The second-order valence-electron chi connectivity index (χ2n) is 16.8. The van der Waals surface area contributed by atoms with E-state index in [9.17, 15) is 46.6 Å². The normalized spacial score (nSPS) is 12.8. The Morgan fingerprint density at radius 2 is 1.38 bits per heavy atom. The van der Waals surface area contributed by atoms with Crippen LogP contribution in [0.1, 0.15) is 63.8 Å². The molecule has 71 heavy (non-hydrogen) atoms. The molecule has 0 fully saturated rings. The molecule has 0 radical (unpaired) electrons. The zero-order valence-corrected chi connectivity index (χ0v) is 41.3. The number of carbonyl (C=O) groups excluding carboxylic acids is 4. The third-order valence-corrected chi connectivity index (χ3v) is 10.7. The first-order chi connectivity index (χ1) is 33.5. The van der Waals surface area contributed by atoms with Crippen LogP contribution < -0.4 is 16.4 Å². The maximum absolute atomic E-state index is 15.1. The topological polar surface area (TPSA) is 258 Å². The van der Waals surface area contributed by atoms with Crippen molar-refractivity contribution >= 4 is 51.4 Å². The average molecular weight is 1080 g/mol. The first-order valence-corrected chi connectivity index (χ1v) is 23.5. The van der Waals surface area contributed by atoms with Crippen LogP contribution in [0.4, 0.5) is 22.0 Å². The molecular formula is C47H63BrF5N5O13. The van der Waals surface area contributed by atoms with Crippen LogP contribution in [-0.2, 0) is 54.3 Å². The Balaban J connectivity index is 0.00000229. The maximum Gasteiger partial charge on any atom is 0.490 e. The molecule has 1 heterocycles. The molecule has 0 saturated heterocycles. The van der Waals surface area contributed by atoms with Crippen LogP contribution in [-0.4, -0.2) is 156 Å². The smallest absolute Gasteiger partial charge is 0.481 e. The van der Waals surface area contributed by atoms with E-state index in [1.807, 2.05) is 55.7 Å². The summed E-state index contributed by atoms with van der Waals surface area (Å²) in [7, 11) is 0. The minimum Gasteiger partial charge on any atom is -0.481 e. The fraction of sp³-hybridized carbons (Fsp3) is 0.532. The van der Waals surface area contributed by atoms with Gasteiger partial charge < -0.3 is 60.1 Å². The van der Waals surface area contributed by atoms with E-state index in [1.165, 1.54) is 4.90 Å². The number of aliphatic hydroxyl groups is 1. The van der Waals surface area contributed by atoms with Crippen molar-refractivity contribution in [2.45, 2.75) is 77.3 Å². The first kappa shape index (κ1) is 61.7. The molecule has 7 N–H and O–H groups in total. The second kappa shape index (κ2) is 31.9. The number of amides is 3. The third-order valence-electron chi connectivity index (χ3n) is 10.1. The Morgan fingerprint density at radius 3 is 1.92 bits per heavy atom. The molecule has 0 spiro atoms. The Hall–Kier alpha value is -5.37. The van der Waals surface area contributed by atoms with Crippen molar-refractivity contribution in [3.8, 4) is 11.1 Å². The number of aromatic nitrogens is 1. The van der Waals surface area contributed by atoms with Crippen molar-refractivity contribution in [3.05, 3.63) is 83.7 Å². The number of nitrogens with one attached hydrogen (secondary N) is 2. The number of halogens is 6. The number of benzene rings is 2. The quantitative estimate of drug-likeness (QED) is 0.0292. The minimum atomic E-state index is -5.08. The molecular weight excluding hydrogens is 1020 g/mol. The number of aliphatic hydroxyl groups excluding tert-OH is 1. The molecule has 3 aromatic rings. The highest BCUT2D eigenvalue weighted by atomic mass is 79.9. The van der Waals surface area contributed by atoms with Crippen molar-refractivity contribution in [3.63, 3.8) is 0 Å². The SMILES string of the molecule is CC(C)(C)[C@H](c1cc(-c2cc(F)ccc2F)cn1Cc1ccccc1)N(CC[C@H](N)C(=O)N[C@H](CCC(=O)CBr)C(=O)NCCOCCOCCOCCOCCC(=O)O)C(=O)CO.O=C(O)C(F)(F)F. The number of nitrogens with zero attached hydrogens (tertiary/aromatic N) is 2. The van der Waals surface area contributed by atoms with Gasteiger partial charge in [0.2, 0.25) is 17.7 Å². The summed E-state index contributed by atoms with van der Waals surface area (Å²) in [6, 6.07) is 11.2. The van der Waals surface area contributed by atoms with E-state index in [1.54, 1.807) is 12.3 Å². The van der Waals surface area contributed by atoms with Crippen molar-refractivity contribution < 1.29 is 85.0 Å². The van der Waals surface area contributed by atoms with Crippen LogP contribution in [0.15, 0.2) is 60.8 Å². The van der Waals surface area contributed by atoms with Crippen LogP contribution in [0.5, 0.6) is 0 Å². The third kappa shape index (κ3) is 23.6. The van der Waals surface area contributed by atoms with Gasteiger partial charge in [-0.05, 0) is 48.1 Å².